The van der Waals surface area contributed by atoms with Gasteiger partial charge in [-0.05, 0) is 57.4 Å². The van der Waals surface area contributed by atoms with Crippen molar-refractivity contribution in [2.45, 2.75) is 71.8 Å². The lowest BCUT2D eigenvalue weighted by Gasteiger charge is -2.14. The van der Waals surface area contributed by atoms with Crippen molar-refractivity contribution in [2.24, 2.45) is 5.92 Å². The lowest BCUT2D eigenvalue weighted by molar-refractivity contribution is -0.139. The molecule has 0 saturated heterocycles. The molecule has 0 spiro atoms. The Morgan fingerprint density at radius 3 is 1.91 bits per heavy atom. The van der Waals surface area contributed by atoms with Crippen LogP contribution in [-0.2, 0) is 11.4 Å². The van der Waals surface area contributed by atoms with Crippen LogP contribution in [0.2, 0.25) is 0 Å². The van der Waals surface area contributed by atoms with E-state index < -0.39 is 0 Å². The first kappa shape index (κ1) is 27.4. The van der Waals surface area contributed by atoms with E-state index in [1.54, 1.807) is 18.2 Å². The quantitative estimate of drug-likeness (QED) is 0.164. The number of hydrogen-bond acceptors (Lipinski definition) is 3. The van der Waals surface area contributed by atoms with Crippen molar-refractivity contribution in [1.82, 2.24) is 0 Å². The fraction of sp³-hybridized carbons (Fsp3) is 0.414. The summed E-state index contributed by atoms with van der Waals surface area (Å²) in [6.07, 6.45) is 29.1. The van der Waals surface area contributed by atoms with Gasteiger partial charge in [0.2, 0.25) is 0 Å². The molecule has 0 fully saturated rings. The van der Waals surface area contributed by atoms with E-state index in [0.29, 0.717) is 11.3 Å². The third-order valence-corrected chi connectivity index (χ3v) is 5.02. The number of carbonyl (C=O) groups excluding carboxylic acids is 1. The fourth-order valence-electron chi connectivity index (χ4n) is 3.08. The molecule has 0 bridgehead atoms. The van der Waals surface area contributed by atoms with Crippen LogP contribution in [0, 0.1) is 5.92 Å². The Balaban J connectivity index is 2.21. The second-order valence-corrected chi connectivity index (χ2v) is 7.58. The summed E-state index contributed by atoms with van der Waals surface area (Å²) in [5.41, 5.74) is 0.633. The van der Waals surface area contributed by atoms with Crippen LogP contribution in [0.4, 0.5) is 0 Å². The number of aliphatic hydroxyl groups excluding tert-OH is 1. The average Bonchev–Trinajstić information content (AvgIpc) is 2.81. The molecule has 3 heteroatoms. The number of ether oxygens (including phenoxy) is 1. The van der Waals surface area contributed by atoms with Crippen molar-refractivity contribution in [3.05, 3.63) is 90.6 Å². The Kier molecular flexibility index (Phi) is 16.3. The predicted molar refractivity (Wildman–Crippen MR) is 135 cm³/mol. The molecule has 0 radical (unpaired) electrons. The first-order valence-electron chi connectivity index (χ1n) is 11.9. The lowest BCUT2D eigenvalue weighted by Crippen LogP contribution is -2.20. The normalized spacial score (nSPS) is 13.3. The van der Waals surface area contributed by atoms with Crippen molar-refractivity contribution in [1.29, 1.82) is 0 Å². The number of carbonyl (C=O) groups is 1. The highest BCUT2D eigenvalue weighted by Crippen LogP contribution is 2.21. The van der Waals surface area contributed by atoms with Crippen LogP contribution < -0.4 is 4.74 Å². The Labute approximate surface area is 194 Å². The highest BCUT2D eigenvalue weighted by atomic mass is 16.5. The van der Waals surface area contributed by atoms with E-state index >= 15 is 0 Å². The molecule has 1 unspecified atom stereocenters. The van der Waals surface area contributed by atoms with Gasteiger partial charge in [-0.15, -0.1) is 0 Å². The van der Waals surface area contributed by atoms with E-state index in [-0.39, 0.29) is 18.5 Å². The summed E-state index contributed by atoms with van der Waals surface area (Å²) in [4.78, 5) is 12.5. The van der Waals surface area contributed by atoms with Crippen LogP contribution in [0.15, 0.2) is 85.0 Å². The molecule has 0 heterocycles. The zero-order chi connectivity index (χ0) is 23.3. The minimum absolute atomic E-state index is 0.135. The minimum atomic E-state index is -0.222. The van der Waals surface area contributed by atoms with E-state index in [1.807, 2.05) is 13.0 Å². The zero-order valence-electron chi connectivity index (χ0n) is 19.8. The van der Waals surface area contributed by atoms with Crippen LogP contribution in [0.1, 0.15) is 70.8 Å². The number of aliphatic hydroxyl groups is 1. The highest BCUT2D eigenvalue weighted by molar-refractivity contribution is 5.75. The third-order valence-electron chi connectivity index (χ3n) is 5.02. The first-order chi connectivity index (χ1) is 15.7. The summed E-state index contributed by atoms with van der Waals surface area (Å²) < 4.78 is 5.52. The number of para-hydroxylation sites is 1. The summed E-state index contributed by atoms with van der Waals surface area (Å²) in [5.74, 6) is 0.0953. The van der Waals surface area contributed by atoms with Crippen LogP contribution in [0.3, 0.4) is 0 Å². The molecule has 3 nitrogen and oxygen atoms in total. The molecule has 0 aliphatic carbocycles. The molecule has 0 amide bonds. The molecular weight excluding hydrogens is 396 g/mol. The van der Waals surface area contributed by atoms with Crippen LogP contribution in [0.5, 0.6) is 5.75 Å². The van der Waals surface area contributed by atoms with Crippen LogP contribution in [0.25, 0.3) is 0 Å². The molecule has 1 aromatic rings. The first-order valence-corrected chi connectivity index (χ1v) is 11.9. The Morgan fingerprint density at radius 2 is 1.38 bits per heavy atom. The van der Waals surface area contributed by atoms with Crippen molar-refractivity contribution < 1.29 is 14.6 Å². The SMILES string of the molecule is CCC=CCC=CCC=CCC=CCC=CCCC(CC)C(=O)Oc1ccccc1CO. The molecule has 0 saturated carbocycles. The largest absolute Gasteiger partial charge is 0.426 e. The van der Waals surface area contributed by atoms with Gasteiger partial charge in [-0.3, -0.25) is 4.79 Å². The van der Waals surface area contributed by atoms with Crippen molar-refractivity contribution >= 4 is 5.97 Å². The maximum absolute atomic E-state index is 12.5. The van der Waals surface area contributed by atoms with Gasteiger partial charge in [0.25, 0.3) is 0 Å². The van der Waals surface area contributed by atoms with Crippen LogP contribution in [-0.4, -0.2) is 11.1 Å². The summed E-state index contributed by atoms with van der Waals surface area (Å²) in [5, 5.41) is 9.37. The summed E-state index contributed by atoms with van der Waals surface area (Å²) in [6.45, 7) is 4.01. The number of hydrogen-bond donors (Lipinski definition) is 1. The van der Waals surface area contributed by atoms with Gasteiger partial charge < -0.3 is 9.84 Å². The lowest BCUT2D eigenvalue weighted by atomic mass is 10.0. The van der Waals surface area contributed by atoms with E-state index in [9.17, 15) is 9.90 Å². The third kappa shape index (κ3) is 12.9. The fourth-order valence-corrected chi connectivity index (χ4v) is 3.08. The maximum atomic E-state index is 12.5. The van der Waals surface area contributed by atoms with Gasteiger partial charge in [-0.25, -0.2) is 0 Å². The molecule has 1 N–H and O–H groups in total. The second kappa shape index (κ2) is 19.1. The summed E-state index contributed by atoms with van der Waals surface area (Å²) in [7, 11) is 0. The average molecular weight is 437 g/mol. The van der Waals surface area contributed by atoms with Gasteiger partial charge in [0.15, 0.2) is 0 Å². The van der Waals surface area contributed by atoms with Gasteiger partial charge in [-0.1, -0.05) is 92.8 Å². The molecular formula is C29H40O3. The van der Waals surface area contributed by atoms with E-state index in [0.717, 1.165) is 51.4 Å². The maximum Gasteiger partial charge on any atom is 0.314 e. The van der Waals surface area contributed by atoms with Crippen molar-refractivity contribution in [2.75, 3.05) is 0 Å². The molecule has 32 heavy (non-hydrogen) atoms. The number of allylic oxidation sites excluding steroid dienone is 10. The molecule has 1 rings (SSSR count). The van der Waals surface area contributed by atoms with Gasteiger partial charge in [0.1, 0.15) is 5.75 Å². The van der Waals surface area contributed by atoms with Gasteiger partial charge >= 0.3 is 5.97 Å². The monoisotopic (exact) mass is 436 g/mol. The Bertz CT molecular complexity index is 768. The van der Waals surface area contributed by atoms with Crippen molar-refractivity contribution in [3.63, 3.8) is 0 Å². The Hall–Kier alpha value is -2.65. The molecule has 1 aromatic carbocycles. The molecule has 0 aromatic heterocycles. The van der Waals surface area contributed by atoms with E-state index in [4.69, 9.17) is 4.74 Å². The molecule has 174 valence electrons. The van der Waals surface area contributed by atoms with Crippen LogP contribution >= 0.6 is 0 Å². The summed E-state index contributed by atoms with van der Waals surface area (Å²) >= 11 is 0. The van der Waals surface area contributed by atoms with Gasteiger partial charge in [0, 0.05) is 5.56 Å². The topological polar surface area (TPSA) is 46.5 Å². The highest BCUT2D eigenvalue weighted by Gasteiger charge is 2.19. The molecule has 1 atom stereocenters. The molecule has 0 aliphatic heterocycles. The zero-order valence-corrected chi connectivity index (χ0v) is 19.8. The van der Waals surface area contributed by atoms with Gasteiger partial charge in [0.05, 0.1) is 12.5 Å². The number of benzene rings is 1. The minimum Gasteiger partial charge on any atom is -0.426 e. The van der Waals surface area contributed by atoms with Crippen molar-refractivity contribution in [3.8, 4) is 5.75 Å². The number of esters is 1. The smallest absolute Gasteiger partial charge is 0.314 e. The Morgan fingerprint density at radius 1 is 0.844 bits per heavy atom. The second-order valence-electron chi connectivity index (χ2n) is 7.58. The molecule has 0 aliphatic rings. The van der Waals surface area contributed by atoms with E-state index in [2.05, 4.69) is 67.7 Å². The van der Waals surface area contributed by atoms with E-state index in [1.165, 1.54) is 0 Å². The van der Waals surface area contributed by atoms with Gasteiger partial charge in [-0.2, -0.15) is 0 Å². The standard InChI is InChI=1S/C29H40O3/c1-3-5-6-7-8-9-10-11-12-13-14-15-16-17-18-19-22-26(4-2)29(31)32-28-24-21-20-23-27(28)25-30/h5-6,8-9,11-12,14-15,17-18,20-21,23-24,26,30H,3-4,7,10,13,16,19,22,25H2,1-2H3. The summed E-state index contributed by atoms with van der Waals surface area (Å²) in [6, 6.07) is 7.11. The predicted octanol–water partition coefficient (Wildman–Crippen LogP) is 7.64. The number of rotatable bonds is 16.